The first-order chi connectivity index (χ1) is 11.2. The Balaban J connectivity index is 1.82. The molecule has 1 aliphatic heterocycles. The van der Waals surface area contributed by atoms with Crippen LogP contribution in [0.2, 0.25) is 0 Å². The molecule has 1 aromatic heterocycles. The number of benzene rings is 1. The normalized spacial score (nSPS) is 22.1. The quantitative estimate of drug-likeness (QED) is 0.746. The fourth-order valence-corrected chi connectivity index (χ4v) is 4.05. The molecule has 2 aliphatic rings. The second-order valence-electron chi connectivity index (χ2n) is 6.63. The van der Waals surface area contributed by atoms with Gasteiger partial charge in [-0.05, 0) is 54.2 Å². The highest BCUT2D eigenvalue weighted by atomic mass is 16.3. The predicted molar refractivity (Wildman–Crippen MR) is 88.8 cm³/mol. The van der Waals surface area contributed by atoms with E-state index in [2.05, 4.69) is 24.4 Å². The van der Waals surface area contributed by atoms with E-state index in [-0.39, 0.29) is 17.4 Å². The molecule has 4 rings (SSSR count). The Hall–Kier alpha value is -2.07. The molecule has 0 fully saturated rings. The van der Waals surface area contributed by atoms with Gasteiger partial charge in [-0.2, -0.15) is 0 Å². The highest BCUT2D eigenvalue weighted by Gasteiger charge is 2.36. The van der Waals surface area contributed by atoms with E-state index in [1.165, 1.54) is 5.56 Å². The number of rotatable bonds is 2. The van der Waals surface area contributed by atoms with Crippen molar-refractivity contribution in [3.05, 3.63) is 52.3 Å². The number of aromatic nitrogens is 1. The lowest BCUT2D eigenvalue weighted by Crippen LogP contribution is -2.43. The number of pyridine rings is 1. The summed E-state index contributed by atoms with van der Waals surface area (Å²) < 4.78 is 0. The summed E-state index contributed by atoms with van der Waals surface area (Å²) in [5.41, 5.74) is 5.79. The van der Waals surface area contributed by atoms with E-state index < -0.39 is 0 Å². The zero-order chi connectivity index (χ0) is 16.0. The van der Waals surface area contributed by atoms with Crippen LogP contribution in [0.25, 0.3) is 0 Å². The summed E-state index contributed by atoms with van der Waals surface area (Å²) >= 11 is 0. The third-order valence-electron chi connectivity index (χ3n) is 5.14. The van der Waals surface area contributed by atoms with E-state index in [9.17, 15) is 10.2 Å². The van der Waals surface area contributed by atoms with Crippen molar-refractivity contribution < 1.29 is 10.2 Å². The van der Waals surface area contributed by atoms with E-state index >= 15 is 0 Å². The van der Waals surface area contributed by atoms with Gasteiger partial charge in [0.25, 0.3) is 0 Å². The van der Waals surface area contributed by atoms with Crippen molar-refractivity contribution in [3.63, 3.8) is 0 Å². The Morgan fingerprint density at radius 1 is 1.17 bits per heavy atom. The fraction of sp³-hybridized carbons (Fsp3) is 0.421. The number of aromatic hydroxyl groups is 2. The molecule has 2 heterocycles. The Morgan fingerprint density at radius 3 is 2.83 bits per heavy atom. The molecule has 23 heavy (non-hydrogen) atoms. The van der Waals surface area contributed by atoms with Gasteiger partial charge in [-0.25, -0.2) is 0 Å². The van der Waals surface area contributed by atoms with Crippen molar-refractivity contribution >= 4 is 0 Å². The molecule has 0 amide bonds. The predicted octanol–water partition coefficient (Wildman–Crippen LogP) is 3.00. The minimum atomic E-state index is -0.0351. The lowest BCUT2D eigenvalue weighted by Gasteiger charge is -2.39. The average Bonchev–Trinajstić information content (AvgIpc) is 2.55. The number of nitrogens with one attached hydrogen (secondary N) is 1. The highest BCUT2D eigenvalue weighted by molar-refractivity contribution is 5.52. The number of nitrogens with zero attached hydrogens (tertiary/aromatic N) is 1. The van der Waals surface area contributed by atoms with Gasteiger partial charge in [0.15, 0.2) is 11.5 Å². The second-order valence-corrected chi connectivity index (χ2v) is 6.63. The molecule has 2 aromatic rings. The van der Waals surface area contributed by atoms with E-state index in [4.69, 9.17) is 4.98 Å². The lowest BCUT2D eigenvalue weighted by molar-refractivity contribution is 0.377. The topological polar surface area (TPSA) is 65.4 Å². The van der Waals surface area contributed by atoms with Gasteiger partial charge in [0, 0.05) is 24.2 Å². The molecule has 2 unspecified atom stereocenters. The van der Waals surface area contributed by atoms with Gasteiger partial charge in [-0.3, -0.25) is 4.98 Å². The van der Waals surface area contributed by atoms with Gasteiger partial charge in [0.05, 0.1) is 5.69 Å². The Bertz CT molecular complexity index is 757. The molecule has 4 nitrogen and oxygen atoms in total. The maximum absolute atomic E-state index is 9.94. The van der Waals surface area contributed by atoms with Crippen molar-refractivity contribution in [3.8, 4) is 11.5 Å². The first kappa shape index (κ1) is 14.5. The maximum atomic E-state index is 9.94. The minimum absolute atomic E-state index is 0.0254. The fourth-order valence-electron chi connectivity index (χ4n) is 4.05. The molecule has 0 bridgehead atoms. The number of phenolic OH excluding ortho intramolecular Hbond substituents is 2. The molecule has 0 spiro atoms. The van der Waals surface area contributed by atoms with Crippen LogP contribution >= 0.6 is 0 Å². The first-order valence-electron chi connectivity index (χ1n) is 8.44. The third-order valence-corrected chi connectivity index (χ3v) is 5.14. The molecule has 0 radical (unpaired) electrons. The van der Waals surface area contributed by atoms with Crippen molar-refractivity contribution in [2.24, 2.45) is 0 Å². The van der Waals surface area contributed by atoms with Crippen LogP contribution in [0.5, 0.6) is 11.5 Å². The zero-order valence-electron chi connectivity index (χ0n) is 13.3. The summed E-state index contributed by atoms with van der Waals surface area (Å²) in [6.45, 7) is 2.98. The summed E-state index contributed by atoms with van der Waals surface area (Å²) in [6.07, 6.45) is 4.07. The SMILES string of the molecule is CCCc1ccc2c(n1)CNC1CCc3cc(O)c(O)cc3C21. The molecular weight excluding hydrogens is 288 g/mol. The smallest absolute Gasteiger partial charge is 0.157 e. The van der Waals surface area contributed by atoms with Gasteiger partial charge in [-0.1, -0.05) is 19.4 Å². The highest BCUT2D eigenvalue weighted by Crippen LogP contribution is 2.43. The first-order valence-corrected chi connectivity index (χ1v) is 8.44. The Kier molecular flexibility index (Phi) is 3.49. The summed E-state index contributed by atoms with van der Waals surface area (Å²) in [4.78, 5) is 4.83. The third kappa shape index (κ3) is 2.38. The summed E-state index contributed by atoms with van der Waals surface area (Å²) in [5, 5.41) is 23.3. The van der Waals surface area contributed by atoms with Crippen molar-refractivity contribution in [1.82, 2.24) is 10.3 Å². The van der Waals surface area contributed by atoms with Crippen LogP contribution < -0.4 is 5.32 Å². The van der Waals surface area contributed by atoms with Crippen molar-refractivity contribution in [2.75, 3.05) is 0 Å². The van der Waals surface area contributed by atoms with Gasteiger partial charge < -0.3 is 15.5 Å². The molecular formula is C19H22N2O2. The van der Waals surface area contributed by atoms with E-state index in [0.29, 0.717) is 6.04 Å². The largest absolute Gasteiger partial charge is 0.504 e. The van der Waals surface area contributed by atoms with Crippen LogP contribution in [0.15, 0.2) is 24.3 Å². The average molecular weight is 310 g/mol. The number of aryl methyl sites for hydroxylation is 2. The van der Waals surface area contributed by atoms with Gasteiger partial charge in [0.1, 0.15) is 0 Å². The second kappa shape index (κ2) is 5.53. The van der Waals surface area contributed by atoms with Crippen LogP contribution in [0.1, 0.15) is 53.8 Å². The number of phenols is 2. The molecule has 1 aromatic carbocycles. The van der Waals surface area contributed by atoms with Crippen LogP contribution in [0.3, 0.4) is 0 Å². The zero-order valence-corrected chi connectivity index (χ0v) is 13.3. The van der Waals surface area contributed by atoms with Crippen LogP contribution in [0.4, 0.5) is 0 Å². The Labute approximate surface area is 136 Å². The van der Waals surface area contributed by atoms with E-state index in [1.54, 1.807) is 12.1 Å². The van der Waals surface area contributed by atoms with Gasteiger partial charge in [0.2, 0.25) is 0 Å². The summed E-state index contributed by atoms with van der Waals surface area (Å²) in [7, 11) is 0. The summed E-state index contributed by atoms with van der Waals surface area (Å²) in [5.74, 6) is 0.145. The molecule has 2 atom stereocenters. The van der Waals surface area contributed by atoms with Crippen LogP contribution in [-0.4, -0.2) is 21.2 Å². The van der Waals surface area contributed by atoms with Crippen molar-refractivity contribution in [2.45, 2.75) is 51.1 Å². The maximum Gasteiger partial charge on any atom is 0.157 e. The molecule has 0 saturated heterocycles. The van der Waals surface area contributed by atoms with Gasteiger partial charge >= 0.3 is 0 Å². The number of hydrogen-bond donors (Lipinski definition) is 3. The van der Waals surface area contributed by atoms with Crippen LogP contribution in [-0.2, 0) is 19.4 Å². The number of hydrogen-bond acceptors (Lipinski definition) is 4. The summed E-state index contributed by atoms with van der Waals surface area (Å²) in [6, 6.07) is 8.17. The van der Waals surface area contributed by atoms with Crippen LogP contribution in [0, 0.1) is 0 Å². The van der Waals surface area contributed by atoms with E-state index in [0.717, 1.165) is 54.7 Å². The van der Waals surface area contributed by atoms with E-state index in [1.807, 2.05) is 0 Å². The molecule has 4 heteroatoms. The monoisotopic (exact) mass is 310 g/mol. The number of fused-ring (bicyclic) bond motifs is 5. The standard InChI is InChI=1S/C19H22N2O2/c1-2-3-12-5-6-13-16(21-12)10-20-15-7-4-11-8-17(22)18(23)9-14(11)19(13)15/h5-6,8-9,15,19-20,22-23H,2-4,7,10H2,1H3. The Morgan fingerprint density at radius 2 is 2.00 bits per heavy atom. The van der Waals surface area contributed by atoms with Gasteiger partial charge in [-0.15, -0.1) is 0 Å². The molecule has 3 N–H and O–H groups in total. The molecule has 120 valence electrons. The molecule has 1 aliphatic carbocycles. The molecule has 0 saturated carbocycles. The minimum Gasteiger partial charge on any atom is -0.504 e. The lowest BCUT2D eigenvalue weighted by atomic mass is 9.73. The van der Waals surface area contributed by atoms with Crippen molar-refractivity contribution in [1.29, 1.82) is 0 Å².